The SMILES string of the molecule is CN1CN(Cc2cncnc2)c2cc(-c3cccc(C(F)(F)F)c3)cnc21.O=C(O)CF. The standard InChI is InChI=1S/C19H16F3N5.C2H3FO2/c1-26-12-27(10-13-7-23-11-24-8-13)17-6-15(9-25-18(17)26)14-3-2-4-16(5-14)19(20,21)22;3-1-2(4)5/h2-9,11H,10,12H2,1H3;1H2,(H,4,5). The summed E-state index contributed by atoms with van der Waals surface area (Å²) >= 11 is 0. The summed E-state index contributed by atoms with van der Waals surface area (Å²) in [5, 5.41) is 7.35. The summed E-state index contributed by atoms with van der Waals surface area (Å²) in [5.74, 6) is -0.618. The molecular weight excluding hydrogens is 430 g/mol. The van der Waals surface area contributed by atoms with Crippen LogP contribution in [0.1, 0.15) is 11.1 Å². The number of fused-ring (bicyclic) bond motifs is 1. The number of anilines is 2. The minimum atomic E-state index is -4.38. The number of pyridine rings is 1. The number of carboxylic acids is 1. The van der Waals surface area contributed by atoms with Crippen molar-refractivity contribution >= 4 is 17.5 Å². The van der Waals surface area contributed by atoms with Crippen LogP contribution in [0.3, 0.4) is 0 Å². The van der Waals surface area contributed by atoms with E-state index in [1.165, 1.54) is 12.4 Å². The molecule has 0 saturated heterocycles. The molecule has 1 N–H and O–H groups in total. The van der Waals surface area contributed by atoms with Crippen molar-refractivity contribution in [1.82, 2.24) is 15.0 Å². The van der Waals surface area contributed by atoms with E-state index >= 15 is 0 Å². The maximum atomic E-state index is 13.0. The van der Waals surface area contributed by atoms with Crippen molar-refractivity contribution in [3.63, 3.8) is 0 Å². The van der Waals surface area contributed by atoms with E-state index in [1.807, 2.05) is 18.0 Å². The fourth-order valence-electron chi connectivity index (χ4n) is 3.17. The molecule has 1 aliphatic heterocycles. The van der Waals surface area contributed by atoms with Gasteiger partial charge < -0.3 is 14.9 Å². The van der Waals surface area contributed by atoms with E-state index in [0.717, 1.165) is 29.2 Å². The highest BCUT2D eigenvalue weighted by Crippen LogP contribution is 2.38. The molecule has 4 rings (SSSR count). The number of hydrogen-bond donors (Lipinski definition) is 1. The van der Waals surface area contributed by atoms with Crippen LogP contribution in [0.5, 0.6) is 0 Å². The van der Waals surface area contributed by atoms with Crippen molar-refractivity contribution in [2.75, 3.05) is 30.2 Å². The third-order valence-electron chi connectivity index (χ3n) is 4.56. The molecular formula is C21H19F4N5O2. The van der Waals surface area contributed by atoms with Gasteiger partial charge in [-0.2, -0.15) is 13.2 Å². The van der Waals surface area contributed by atoms with Gasteiger partial charge in [-0.1, -0.05) is 12.1 Å². The second kappa shape index (κ2) is 9.58. The number of aromatic nitrogens is 3. The average molecular weight is 449 g/mol. The van der Waals surface area contributed by atoms with Crippen LogP contribution in [0, 0.1) is 0 Å². The van der Waals surface area contributed by atoms with Crippen molar-refractivity contribution < 1.29 is 27.5 Å². The number of carbonyl (C=O) groups is 1. The third kappa shape index (κ3) is 5.48. The number of nitrogens with zero attached hydrogens (tertiary/aromatic N) is 5. The van der Waals surface area contributed by atoms with Crippen LogP contribution >= 0.6 is 0 Å². The summed E-state index contributed by atoms with van der Waals surface area (Å²) in [6.45, 7) is -0.0603. The Morgan fingerprint density at radius 1 is 1.12 bits per heavy atom. The molecule has 32 heavy (non-hydrogen) atoms. The molecule has 0 atom stereocenters. The first kappa shape index (κ1) is 22.9. The van der Waals surface area contributed by atoms with Crippen LogP contribution < -0.4 is 9.80 Å². The molecule has 3 heterocycles. The lowest BCUT2D eigenvalue weighted by Crippen LogP contribution is -2.27. The molecule has 0 radical (unpaired) electrons. The highest BCUT2D eigenvalue weighted by Gasteiger charge is 2.31. The second-order valence-corrected chi connectivity index (χ2v) is 6.96. The van der Waals surface area contributed by atoms with Crippen LogP contribution in [-0.4, -0.2) is 46.4 Å². The molecule has 0 fully saturated rings. The van der Waals surface area contributed by atoms with E-state index in [0.29, 0.717) is 24.3 Å². The quantitative estimate of drug-likeness (QED) is 0.603. The summed E-state index contributed by atoms with van der Waals surface area (Å²) in [6, 6.07) is 7.17. The lowest BCUT2D eigenvalue weighted by Gasteiger charge is -2.19. The molecule has 1 aromatic carbocycles. The number of benzene rings is 1. The zero-order valence-corrected chi connectivity index (χ0v) is 16.9. The zero-order chi connectivity index (χ0) is 23.3. The molecule has 1 aliphatic rings. The fraction of sp³-hybridized carbons (Fsp3) is 0.238. The number of rotatable bonds is 4. The predicted octanol–water partition coefficient (Wildman–Crippen LogP) is 4.01. The van der Waals surface area contributed by atoms with Gasteiger partial charge in [0.2, 0.25) is 0 Å². The lowest BCUT2D eigenvalue weighted by atomic mass is 10.0. The van der Waals surface area contributed by atoms with Crippen LogP contribution in [0.2, 0.25) is 0 Å². The van der Waals surface area contributed by atoms with Gasteiger partial charge >= 0.3 is 12.1 Å². The lowest BCUT2D eigenvalue weighted by molar-refractivity contribution is -0.138. The minimum Gasteiger partial charge on any atom is -0.479 e. The fourth-order valence-corrected chi connectivity index (χ4v) is 3.17. The monoisotopic (exact) mass is 449 g/mol. The molecule has 0 bridgehead atoms. The molecule has 7 nitrogen and oxygen atoms in total. The Morgan fingerprint density at radius 2 is 1.81 bits per heavy atom. The molecule has 0 amide bonds. The van der Waals surface area contributed by atoms with E-state index < -0.39 is 24.4 Å². The number of halogens is 4. The average Bonchev–Trinajstić information content (AvgIpc) is 3.09. The first-order valence-electron chi connectivity index (χ1n) is 9.34. The molecule has 0 aliphatic carbocycles. The van der Waals surface area contributed by atoms with Crippen molar-refractivity contribution in [2.24, 2.45) is 0 Å². The Morgan fingerprint density at radius 3 is 2.44 bits per heavy atom. The molecule has 0 saturated carbocycles. The normalized spacial score (nSPS) is 12.8. The summed E-state index contributed by atoms with van der Waals surface area (Å²) < 4.78 is 49.6. The number of aliphatic carboxylic acids is 1. The number of alkyl halides is 4. The van der Waals surface area contributed by atoms with Gasteiger partial charge in [-0.25, -0.2) is 24.1 Å². The highest BCUT2D eigenvalue weighted by molar-refractivity contribution is 5.78. The maximum Gasteiger partial charge on any atom is 0.416 e. The molecule has 168 valence electrons. The minimum absolute atomic E-state index is 0.484. The largest absolute Gasteiger partial charge is 0.479 e. The van der Waals surface area contributed by atoms with Crippen LogP contribution in [0.25, 0.3) is 11.1 Å². The predicted molar refractivity (Wildman–Crippen MR) is 110 cm³/mol. The van der Waals surface area contributed by atoms with Crippen molar-refractivity contribution in [3.8, 4) is 11.1 Å². The van der Waals surface area contributed by atoms with E-state index in [2.05, 4.69) is 19.9 Å². The van der Waals surface area contributed by atoms with Crippen LogP contribution in [0.4, 0.5) is 29.1 Å². The van der Waals surface area contributed by atoms with Gasteiger partial charge in [-0.3, -0.25) is 0 Å². The van der Waals surface area contributed by atoms with Gasteiger partial charge in [-0.15, -0.1) is 0 Å². The van der Waals surface area contributed by atoms with Crippen LogP contribution in [0.15, 0.2) is 55.2 Å². The Bertz CT molecular complexity index is 1080. The van der Waals surface area contributed by atoms with Gasteiger partial charge in [0.05, 0.1) is 17.9 Å². The summed E-state index contributed by atoms with van der Waals surface area (Å²) in [6.07, 6.45) is 2.20. The molecule has 2 aromatic heterocycles. The Labute approximate surface area is 181 Å². The van der Waals surface area contributed by atoms with Gasteiger partial charge in [0.25, 0.3) is 0 Å². The highest BCUT2D eigenvalue weighted by atomic mass is 19.4. The number of hydrogen-bond acceptors (Lipinski definition) is 6. The summed E-state index contributed by atoms with van der Waals surface area (Å²) in [7, 11) is 1.93. The van der Waals surface area contributed by atoms with E-state index in [1.54, 1.807) is 24.7 Å². The van der Waals surface area contributed by atoms with Crippen molar-refractivity contribution in [1.29, 1.82) is 0 Å². The Hall–Kier alpha value is -3.76. The first-order valence-corrected chi connectivity index (χ1v) is 9.34. The zero-order valence-electron chi connectivity index (χ0n) is 16.9. The van der Waals surface area contributed by atoms with E-state index in [9.17, 15) is 17.6 Å². The Kier molecular flexibility index (Phi) is 6.86. The van der Waals surface area contributed by atoms with Crippen molar-refractivity contribution in [3.05, 3.63) is 66.4 Å². The molecule has 0 spiro atoms. The summed E-state index contributed by atoms with van der Waals surface area (Å²) in [4.78, 5) is 25.6. The molecule has 11 heteroatoms. The maximum absolute atomic E-state index is 13.0. The van der Waals surface area contributed by atoms with Gasteiger partial charge in [0.1, 0.15) is 6.33 Å². The first-order chi connectivity index (χ1) is 15.2. The van der Waals surface area contributed by atoms with Gasteiger partial charge in [0.15, 0.2) is 12.5 Å². The van der Waals surface area contributed by atoms with Crippen LogP contribution in [-0.2, 0) is 17.5 Å². The third-order valence-corrected chi connectivity index (χ3v) is 4.56. The van der Waals surface area contributed by atoms with E-state index in [-0.39, 0.29) is 0 Å². The number of carboxylic acid groups (broad SMARTS) is 1. The Balaban J connectivity index is 0.000000523. The van der Waals surface area contributed by atoms with E-state index in [4.69, 9.17) is 9.90 Å². The topological polar surface area (TPSA) is 82.5 Å². The summed E-state index contributed by atoms with van der Waals surface area (Å²) in [5.41, 5.74) is 2.28. The second-order valence-electron chi connectivity index (χ2n) is 6.96. The van der Waals surface area contributed by atoms with Gasteiger partial charge in [-0.05, 0) is 23.8 Å². The van der Waals surface area contributed by atoms with Crippen molar-refractivity contribution in [2.45, 2.75) is 12.7 Å². The smallest absolute Gasteiger partial charge is 0.416 e. The van der Waals surface area contributed by atoms with Gasteiger partial charge in [0, 0.05) is 43.3 Å². The molecule has 0 unspecified atom stereocenters. The molecule has 3 aromatic rings.